The van der Waals surface area contributed by atoms with Crippen LogP contribution in [0, 0.1) is 0 Å². The van der Waals surface area contributed by atoms with Crippen LogP contribution in [0.2, 0.25) is 5.02 Å². The number of carbonyl (C=O) groups excluding carboxylic acids is 1. The molecule has 0 unspecified atom stereocenters. The van der Waals surface area contributed by atoms with E-state index in [-0.39, 0.29) is 0 Å². The normalized spacial score (nSPS) is 11.1. The number of fused-ring (bicyclic) bond motifs is 1. The molecule has 0 bridgehead atoms. The molecule has 0 aliphatic rings. The zero-order valence-electron chi connectivity index (χ0n) is 20.6. The number of hydrogen-bond acceptors (Lipinski definition) is 7. The predicted molar refractivity (Wildman–Crippen MR) is 148 cm³/mol. The lowest BCUT2D eigenvalue weighted by Crippen LogP contribution is -1.98. The Hall–Kier alpha value is -4.62. The summed E-state index contributed by atoms with van der Waals surface area (Å²) in [6.07, 6.45) is 4.43. The van der Waals surface area contributed by atoms with Gasteiger partial charge < -0.3 is 19.2 Å². The summed E-state index contributed by atoms with van der Waals surface area (Å²) >= 11 is 6.51. The Morgan fingerprint density at radius 2 is 1.89 bits per heavy atom. The van der Waals surface area contributed by atoms with Crippen molar-refractivity contribution in [3.63, 3.8) is 0 Å². The van der Waals surface area contributed by atoms with Crippen LogP contribution in [0.25, 0.3) is 28.3 Å². The first-order valence-electron chi connectivity index (χ1n) is 12.0. The topological polar surface area (TPSA) is 86.5 Å². The summed E-state index contributed by atoms with van der Waals surface area (Å²) in [4.78, 5) is 20.4. The average molecular weight is 526 g/mol. The molecule has 0 saturated heterocycles. The Kier molecular flexibility index (Phi) is 7.66. The van der Waals surface area contributed by atoms with Crippen LogP contribution in [0.5, 0.6) is 5.75 Å². The van der Waals surface area contributed by atoms with Gasteiger partial charge >= 0.3 is 5.97 Å². The van der Waals surface area contributed by atoms with E-state index in [0.717, 1.165) is 27.7 Å². The molecule has 8 heteroatoms. The number of hydrogen-bond donors (Lipinski definition) is 1. The largest absolute Gasteiger partial charge is 0.487 e. The highest BCUT2D eigenvalue weighted by Gasteiger charge is 2.11. The fraction of sp³-hybridized carbons (Fsp3) is 0.100. The second-order valence-electron chi connectivity index (χ2n) is 8.29. The summed E-state index contributed by atoms with van der Waals surface area (Å²) in [7, 11) is 0. The third-order valence-corrected chi connectivity index (χ3v) is 5.94. The molecule has 5 rings (SSSR count). The van der Waals surface area contributed by atoms with Crippen molar-refractivity contribution < 1.29 is 18.7 Å². The molecule has 0 spiro atoms. The molecule has 0 aliphatic carbocycles. The summed E-state index contributed by atoms with van der Waals surface area (Å²) in [5.74, 6) is 1.99. The van der Waals surface area contributed by atoms with Gasteiger partial charge in [0, 0.05) is 22.7 Å². The minimum Gasteiger partial charge on any atom is -0.487 e. The highest BCUT2D eigenvalue weighted by Crippen LogP contribution is 2.33. The molecule has 2 heterocycles. The molecule has 38 heavy (non-hydrogen) atoms. The van der Waals surface area contributed by atoms with Gasteiger partial charge in [-0.05, 0) is 67.1 Å². The minimum absolute atomic E-state index is 0.320. The quantitative estimate of drug-likeness (QED) is 0.158. The molecule has 7 nitrogen and oxygen atoms in total. The van der Waals surface area contributed by atoms with Crippen LogP contribution in [0.1, 0.15) is 18.2 Å². The first-order chi connectivity index (χ1) is 18.6. The van der Waals surface area contributed by atoms with Crippen LogP contribution in [0.3, 0.4) is 0 Å². The zero-order valence-corrected chi connectivity index (χ0v) is 21.3. The maximum Gasteiger partial charge on any atom is 0.330 e. The lowest BCUT2D eigenvalue weighted by molar-refractivity contribution is -0.137. The molecule has 0 saturated carbocycles. The first kappa shape index (κ1) is 25.0. The highest BCUT2D eigenvalue weighted by atomic mass is 35.5. The van der Waals surface area contributed by atoms with Gasteiger partial charge in [0.15, 0.2) is 0 Å². The highest BCUT2D eigenvalue weighted by molar-refractivity contribution is 6.32. The molecule has 190 valence electrons. The average Bonchev–Trinajstić information content (AvgIpc) is 3.41. The second kappa shape index (κ2) is 11.6. The van der Waals surface area contributed by atoms with Gasteiger partial charge in [0.25, 0.3) is 0 Å². The van der Waals surface area contributed by atoms with E-state index in [1.54, 1.807) is 25.1 Å². The number of furan rings is 1. The number of aromatic nitrogens is 2. The smallest absolute Gasteiger partial charge is 0.330 e. The zero-order chi connectivity index (χ0) is 26.3. The van der Waals surface area contributed by atoms with Crippen LogP contribution >= 0.6 is 11.6 Å². The van der Waals surface area contributed by atoms with Gasteiger partial charge in [0.2, 0.25) is 0 Å². The maximum atomic E-state index is 11.6. The molecule has 0 fully saturated rings. The van der Waals surface area contributed by atoms with Crippen molar-refractivity contribution in [3.8, 4) is 17.1 Å². The Morgan fingerprint density at radius 3 is 2.71 bits per heavy atom. The monoisotopic (exact) mass is 525 g/mol. The van der Waals surface area contributed by atoms with Crippen LogP contribution in [-0.4, -0.2) is 22.5 Å². The molecular weight excluding hydrogens is 502 g/mol. The number of rotatable bonds is 9. The third-order valence-electron chi connectivity index (χ3n) is 5.65. The lowest BCUT2D eigenvalue weighted by Gasteiger charge is -2.12. The van der Waals surface area contributed by atoms with Crippen LogP contribution in [0.4, 0.5) is 11.5 Å². The molecule has 0 radical (unpaired) electrons. The van der Waals surface area contributed by atoms with E-state index in [9.17, 15) is 4.79 Å². The van der Waals surface area contributed by atoms with Crippen molar-refractivity contribution in [2.24, 2.45) is 0 Å². The van der Waals surface area contributed by atoms with Gasteiger partial charge in [-0.25, -0.2) is 14.8 Å². The van der Waals surface area contributed by atoms with Gasteiger partial charge in [-0.15, -0.1) is 0 Å². The van der Waals surface area contributed by atoms with Crippen molar-refractivity contribution >= 4 is 46.1 Å². The number of esters is 1. The van der Waals surface area contributed by atoms with Crippen LogP contribution < -0.4 is 10.1 Å². The van der Waals surface area contributed by atoms with Gasteiger partial charge in [0.1, 0.15) is 36.0 Å². The van der Waals surface area contributed by atoms with Gasteiger partial charge in [-0.3, -0.25) is 0 Å². The van der Waals surface area contributed by atoms with Gasteiger partial charge in [-0.1, -0.05) is 41.9 Å². The molecule has 2 aromatic heterocycles. The minimum atomic E-state index is -0.417. The number of anilines is 2. The van der Waals surface area contributed by atoms with E-state index < -0.39 is 5.97 Å². The lowest BCUT2D eigenvalue weighted by atomic mass is 10.1. The van der Waals surface area contributed by atoms with Crippen LogP contribution in [0.15, 0.2) is 95.7 Å². The Balaban J connectivity index is 1.34. The van der Waals surface area contributed by atoms with Gasteiger partial charge in [-0.2, -0.15) is 0 Å². The predicted octanol–water partition coefficient (Wildman–Crippen LogP) is 7.44. The number of carbonyl (C=O) groups is 1. The summed E-state index contributed by atoms with van der Waals surface area (Å²) in [5.41, 5.74) is 3.44. The van der Waals surface area contributed by atoms with E-state index in [4.69, 9.17) is 25.5 Å². The van der Waals surface area contributed by atoms with Crippen molar-refractivity contribution in [3.05, 3.63) is 108 Å². The molecule has 3 aromatic carbocycles. The summed E-state index contributed by atoms with van der Waals surface area (Å²) in [6, 6.07) is 24.8. The fourth-order valence-electron chi connectivity index (χ4n) is 3.82. The molecule has 0 amide bonds. The van der Waals surface area contributed by atoms with E-state index >= 15 is 0 Å². The van der Waals surface area contributed by atoms with Crippen LogP contribution in [-0.2, 0) is 16.1 Å². The third kappa shape index (κ3) is 6.02. The Bertz CT molecular complexity index is 1600. The number of halogens is 1. The molecule has 1 N–H and O–H groups in total. The number of nitrogens with one attached hydrogen (secondary N) is 1. The number of nitrogens with zero attached hydrogens (tertiary/aromatic N) is 2. The van der Waals surface area contributed by atoms with E-state index in [1.807, 2.05) is 66.7 Å². The van der Waals surface area contributed by atoms with E-state index in [1.165, 1.54) is 12.4 Å². The molecule has 0 aliphatic heterocycles. The molecular formula is C30H24ClN3O4. The Labute approximate surface area is 224 Å². The van der Waals surface area contributed by atoms with E-state index in [2.05, 4.69) is 15.3 Å². The fourth-order valence-corrected chi connectivity index (χ4v) is 4.05. The van der Waals surface area contributed by atoms with Gasteiger partial charge in [0.05, 0.1) is 17.1 Å². The number of ether oxygens (including phenoxy) is 2. The molecule has 5 aromatic rings. The summed E-state index contributed by atoms with van der Waals surface area (Å²) < 4.78 is 16.7. The standard InChI is InChI=1S/C30H24ClN3O4/c1-2-36-29(35)15-11-23-10-14-27(38-23)21-8-12-26-24(16-21)30(33-19-32-26)34-22-9-13-28(25(31)17-22)37-18-20-6-4-3-5-7-20/h3-17,19H,2,18H2,1H3,(H,32,33,34)/b15-11+. The van der Waals surface area contributed by atoms with Crippen molar-refractivity contribution in [1.82, 2.24) is 9.97 Å². The SMILES string of the molecule is CCOC(=O)/C=C/c1ccc(-c2ccc3ncnc(Nc4ccc(OCc5ccccc5)c(Cl)c4)c3c2)o1. The van der Waals surface area contributed by atoms with Crippen molar-refractivity contribution in [2.45, 2.75) is 13.5 Å². The van der Waals surface area contributed by atoms with E-state index in [0.29, 0.717) is 41.3 Å². The second-order valence-corrected chi connectivity index (χ2v) is 8.69. The Morgan fingerprint density at radius 1 is 1.03 bits per heavy atom. The molecule has 0 atom stereocenters. The van der Waals surface area contributed by atoms with Crippen molar-refractivity contribution in [2.75, 3.05) is 11.9 Å². The maximum absolute atomic E-state index is 11.6. The number of benzene rings is 3. The first-order valence-corrected chi connectivity index (χ1v) is 12.4. The van der Waals surface area contributed by atoms with Crippen molar-refractivity contribution in [1.29, 1.82) is 0 Å². The summed E-state index contributed by atoms with van der Waals surface area (Å²) in [6.45, 7) is 2.51. The summed E-state index contributed by atoms with van der Waals surface area (Å²) in [5, 5.41) is 4.63.